The minimum Gasteiger partial charge on any atom is -0.497 e. The number of amides is 1. The highest BCUT2D eigenvalue weighted by Gasteiger charge is 2.26. The number of likely N-dealkylation sites (tertiary alicyclic amines) is 1. The molecule has 0 bridgehead atoms. The lowest BCUT2D eigenvalue weighted by molar-refractivity contribution is -0.130. The zero-order chi connectivity index (χ0) is 22.0. The van der Waals surface area contributed by atoms with Gasteiger partial charge in [-0.3, -0.25) is 14.2 Å². The number of aromatic nitrogens is 2. The summed E-state index contributed by atoms with van der Waals surface area (Å²) in [5.41, 5.74) is 1.13. The molecule has 0 N–H and O–H groups in total. The van der Waals surface area contributed by atoms with Crippen LogP contribution in [0.3, 0.4) is 0 Å². The molecular formula is C24H27N3O3S. The first-order valence-electron chi connectivity index (χ1n) is 10.5. The van der Waals surface area contributed by atoms with Gasteiger partial charge in [0.1, 0.15) is 5.75 Å². The van der Waals surface area contributed by atoms with Gasteiger partial charge in [-0.1, -0.05) is 43.8 Å². The SMILES string of the molecule is COc1cccc(-n2c(SCC(=O)N3CC(C)CC(C)C3)nc3ccccc3c2=O)c1. The molecular weight excluding hydrogens is 410 g/mol. The standard InChI is InChI=1S/C24H27N3O3S/c1-16-11-17(2)14-26(13-16)22(28)15-31-24-25-21-10-5-4-9-20(21)23(29)27(24)18-7-6-8-19(12-18)30-3/h4-10,12,16-17H,11,13-15H2,1-3H3. The maximum absolute atomic E-state index is 13.4. The Morgan fingerprint density at radius 2 is 1.87 bits per heavy atom. The van der Waals surface area contributed by atoms with Crippen molar-refractivity contribution in [2.24, 2.45) is 11.8 Å². The van der Waals surface area contributed by atoms with E-state index in [-0.39, 0.29) is 17.2 Å². The predicted octanol–water partition coefficient (Wildman–Crippen LogP) is 3.99. The highest BCUT2D eigenvalue weighted by atomic mass is 32.2. The highest BCUT2D eigenvalue weighted by molar-refractivity contribution is 7.99. The first-order valence-corrected chi connectivity index (χ1v) is 11.5. The molecule has 0 radical (unpaired) electrons. The molecule has 7 heteroatoms. The van der Waals surface area contributed by atoms with Gasteiger partial charge in [0.15, 0.2) is 5.16 Å². The van der Waals surface area contributed by atoms with Gasteiger partial charge in [-0.25, -0.2) is 4.98 Å². The number of hydrogen-bond donors (Lipinski definition) is 0. The summed E-state index contributed by atoms with van der Waals surface area (Å²) in [6.07, 6.45) is 1.15. The molecule has 0 spiro atoms. The molecule has 2 atom stereocenters. The third kappa shape index (κ3) is 4.61. The van der Waals surface area contributed by atoms with Crippen LogP contribution in [-0.2, 0) is 4.79 Å². The Labute approximate surface area is 186 Å². The van der Waals surface area contributed by atoms with Crippen molar-refractivity contribution >= 4 is 28.6 Å². The molecule has 4 rings (SSSR count). The molecule has 0 saturated carbocycles. The second-order valence-corrected chi connectivity index (χ2v) is 9.23. The van der Waals surface area contributed by atoms with Gasteiger partial charge in [-0.2, -0.15) is 0 Å². The number of carbonyl (C=O) groups excluding carboxylic acids is 1. The van der Waals surface area contributed by atoms with Gasteiger partial charge < -0.3 is 9.64 Å². The van der Waals surface area contributed by atoms with Crippen molar-refractivity contribution < 1.29 is 9.53 Å². The van der Waals surface area contributed by atoms with Crippen LogP contribution in [0, 0.1) is 11.8 Å². The Bertz CT molecular complexity index is 1150. The summed E-state index contributed by atoms with van der Waals surface area (Å²) >= 11 is 1.31. The molecule has 1 aliphatic heterocycles. The fourth-order valence-electron chi connectivity index (χ4n) is 4.27. The van der Waals surface area contributed by atoms with E-state index in [2.05, 4.69) is 13.8 Å². The zero-order valence-electron chi connectivity index (χ0n) is 18.1. The van der Waals surface area contributed by atoms with Gasteiger partial charge >= 0.3 is 0 Å². The quantitative estimate of drug-likeness (QED) is 0.446. The Morgan fingerprint density at radius 1 is 1.13 bits per heavy atom. The summed E-state index contributed by atoms with van der Waals surface area (Å²) in [7, 11) is 1.59. The van der Waals surface area contributed by atoms with Crippen LogP contribution < -0.4 is 10.3 Å². The van der Waals surface area contributed by atoms with Crippen molar-refractivity contribution in [3.8, 4) is 11.4 Å². The van der Waals surface area contributed by atoms with E-state index in [1.165, 1.54) is 11.8 Å². The summed E-state index contributed by atoms with van der Waals surface area (Å²) in [6.45, 7) is 5.96. The lowest BCUT2D eigenvalue weighted by Gasteiger charge is -2.35. The smallest absolute Gasteiger partial charge is 0.266 e. The van der Waals surface area contributed by atoms with E-state index >= 15 is 0 Å². The largest absolute Gasteiger partial charge is 0.497 e. The summed E-state index contributed by atoms with van der Waals surface area (Å²) in [6, 6.07) is 14.6. The fraction of sp³-hybridized carbons (Fsp3) is 0.375. The number of carbonyl (C=O) groups is 1. The number of methoxy groups -OCH3 is 1. The van der Waals surface area contributed by atoms with Crippen LogP contribution in [0.1, 0.15) is 20.3 Å². The summed E-state index contributed by atoms with van der Waals surface area (Å²) < 4.78 is 6.91. The molecule has 6 nitrogen and oxygen atoms in total. The number of thioether (sulfide) groups is 1. The summed E-state index contributed by atoms with van der Waals surface area (Å²) in [5.74, 6) is 2.00. The van der Waals surface area contributed by atoms with E-state index in [0.29, 0.717) is 39.3 Å². The molecule has 162 valence electrons. The molecule has 2 heterocycles. The van der Waals surface area contributed by atoms with Crippen molar-refractivity contribution in [1.29, 1.82) is 0 Å². The Balaban J connectivity index is 1.69. The molecule has 1 aromatic heterocycles. The average Bonchev–Trinajstić information content (AvgIpc) is 2.77. The summed E-state index contributed by atoms with van der Waals surface area (Å²) in [5, 5.41) is 1.04. The molecule has 3 aromatic rings. The van der Waals surface area contributed by atoms with Gasteiger partial charge in [0.2, 0.25) is 5.91 Å². The van der Waals surface area contributed by atoms with Gasteiger partial charge in [0.05, 0.1) is 29.5 Å². The van der Waals surface area contributed by atoms with Crippen LogP contribution in [-0.4, -0.2) is 46.3 Å². The van der Waals surface area contributed by atoms with Crippen molar-refractivity contribution in [3.63, 3.8) is 0 Å². The lowest BCUT2D eigenvalue weighted by atomic mass is 9.92. The van der Waals surface area contributed by atoms with Gasteiger partial charge in [-0.05, 0) is 42.5 Å². The monoisotopic (exact) mass is 437 g/mol. The van der Waals surface area contributed by atoms with E-state index in [0.717, 1.165) is 19.5 Å². The minimum absolute atomic E-state index is 0.0861. The molecule has 1 saturated heterocycles. The van der Waals surface area contributed by atoms with Crippen molar-refractivity contribution in [3.05, 3.63) is 58.9 Å². The van der Waals surface area contributed by atoms with Gasteiger partial charge in [0.25, 0.3) is 5.56 Å². The third-order valence-corrected chi connectivity index (χ3v) is 6.53. The number of nitrogens with zero attached hydrogens (tertiary/aromatic N) is 3. The Hall–Kier alpha value is -2.80. The van der Waals surface area contributed by atoms with Gasteiger partial charge in [-0.15, -0.1) is 0 Å². The maximum Gasteiger partial charge on any atom is 0.266 e. The molecule has 0 aliphatic carbocycles. The lowest BCUT2D eigenvalue weighted by Crippen LogP contribution is -2.43. The number of hydrogen-bond acceptors (Lipinski definition) is 5. The maximum atomic E-state index is 13.4. The molecule has 1 fully saturated rings. The number of benzene rings is 2. The number of rotatable bonds is 5. The van der Waals surface area contributed by atoms with Crippen LogP contribution in [0.2, 0.25) is 0 Å². The number of piperidine rings is 1. The zero-order valence-corrected chi connectivity index (χ0v) is 18.9. The van der Waals surface area contributed by atoms with Crippen LogP contribution >= 0.6 is 11.8 Å². The second kappa shape index (κ2) is 9.14. The molecule has 31 heavy (non-hydrogen) atoms. The number of para-hydroxylation sites is 1. The van der Waals surface area contributed by atoms with Crippen LogP contribution in [0.5, 0.6) is 5.75 Å². The second-order valence-electron chi connectivity index (χ2n) is 8.29. The minimum atomic E-state index is -0.158. The van der Waals surface area contributed by atoms with E-state index in [9.17, 15) is 9.59 Å². The van der Waals surface area contributed by atoms with Crippen LogP contribution in [0.15, 0.2) is 58.5 Å². The fourth-order valence-corrected chi connectivity index (χ4v) is 5.19. The Kier molecular flexibility index (Phi) is 6.32. The molecule has 2 unspecified atom stereocenters. The molecule has 1 amide bonds. The van der Waals surface area contributed by atoms with E-state index < -0.39 is 0 Å². The van der Waals surface area contributed by atoms with E-state index in [1.807, 2.05) is 41.3 Å². The number of ether oxygens (including phenoxy) is 1. The third-order valence-electron chi connectivity index (χ3n) is 5.60. The normalized spacial score (nSPS) is 18.9. The summed E-state index contributed by atoms with van der Waals surface area (Å²) in [4.78, 5) is 33.0. The average molecular weight is 438 g/mol. The predicted molar refractivity (Wildman–Crippen MR) is 124 cm³/mol. The highest BCUT2D eigenvalue weighted by Crippen LogP contribution is 2.26. The van der Waals surface area contributed by atoms with E-state index in [4.69, 9.17) is 9.72 Å². The molecule has 1 aliphatic rings. The topological polar surface area (TPSA) is 64.4 Å². The number of fused-ring (bicyclic) bond motifs is 1. The Morgan fingerprint density at radius 3 is 2.61 bits per heavy atom. The first-order chi connectivity index (χ1) is 15.0. The van der Waals surface area contributed by atoms with Crippen molar-refractivity contribution in [2.45, 2.75) is 25.4 Å². The van der Waals surface area contributed by atoms with Crippen LogP contribution in [0.4, 0.5) is 0 Å². The van der Waals surface area contributed by atoms with Gasteiger partial charge in [0, 0.05) is 19.2 Å². The molecule has 2 aromatic carbocycles. The van der Waals surface area contributed by atoms with E-state index in [1.54, 1.807) is 23.8 Å². The van der Waals surface area contributed by atoms with Crippen LogP contribution in [0.25, 0.3) is 16.6 Å². The van der Waals surface area contributed by atoms with Crippen molar-refractivity contribution in [1.82, 2.24) is 14.5 Å². The first kappa shape index (κ1) is 21.4. The van der Waals surface area contributed by atoms with Crippen molar-refractivity contribution in [2.75, 3.05) is 26.0 Å².